The van der Waals surface area contributed by atoms with Crippen molar-refractivity contribution in [3.8, 4) is 5.75 Å². The molecule has 1 saturated carbocycles. The van der Waals surface area contributed by atoms with Gasteiger partial charge >= 0.3 is 0 Å². The van der Waals surface area contributed by atoms with Gasteiger partial charge in [-0.1, -0.05) is 47.0 Å². The van der Waals surface area contributed by atoms with E-state index < -0.39 is 10.0 Å². The summed E-state index contributed by atoms with van der Waals surface area (Å²) in [6.07, 6.45) is 9.65. The summed E-state index contributed by atoms with van der Waals surface area (Å²) in [7, 11) is -1.92. The summed E-state index contributed by atoms with van der Waals surface area (Å²) < 4.78 is 32.3. The van der Waals surface area contributed by atoms with Gasteiger partial charge < -0.3 is 10.1 Å². The molecule has 0 aromatic heterocycles. The molecular formula is C24H42N2O4S. The van der Waals surface area contributed by atoms with E-state index in [-0.39, 0.29) is 26.7 Å². The maximum atomic E-state index is 12.8. The summed E-state index contributed by atoms with van der Waals surface area (Å²) in [6.45, 7) is 1.66. The van der Waals surface area contributed by atoms with Gasteiger partial charge in [-0.2, -0.15) is 4.31 Å². The van der Waals surface area contributed by atoms with Crippen LogP contribution in [0.4, 0.5) is 0 Å². The van der Waals surface area contributed by atoms with Gasteiger partial charge in [-0.15, -0.1) is 0 Å². The molecular weight excluding hydrogens is 412 g/mol. The molecule has 0 atom stereocenters. The van der Waals surface area contributed by atoms with Crippen LogP contribution in [0.2, 0.25) is 0 Å². The number of piperidine rings is 1. The maximum absolute atomic E-state index is 12.8. The fourth-order valence-corrected chi connectivity index (χ4v) is 5.83. The molecule has 1 amide bonds. The highest BCUT2D eigenvalue weighted by atomic mass is 32.2. The van der Waals surface area contributed by atoms with Gasteiger partial charge in [0.2, 0.25) is 15.9 Å². The highest BCUT2D eigenvalue weighted by Crippen LogP contribution is 2.26. The number of benzene rings is 1. The number of amides is 1. The Bertz CT molecular complexity index is 748. The molecule has 1 aromatic rings. The van der Waals surface area contributed by atoms with E-state index in [4.69, 9.17) is 4.74 Å². The van der Waals surface area contributed by atoms with Crippen molar-refractivity contribution in [2.45, 2.75) is 77.5 Å². The lowest BCUT2D eigenvalue weighted by molar-refractivity contribution is -0.125. The summed E-state index contributed by atoms with van der Waals surface area (Å²) in [6, 6.07) is 6.53. The zero-order valence-electron chi connectivity index (χ0n) is 17.4. The molecule has 6 nitrogen and oxygen atoms in total. The number of methoxy groups -OCH3 is 1. The first-order chi connectivity index (χ1) is 14.0. The molecule has 2 fully saturated rings. The van der Waals surface area contributed by atoms with Crippen LogP contribution >= 0.6 is 0 Å². The van der Waals surface area contributed by atoms with Crippen LogP contribution in [0.15, 0.2) is 29.2 Å². The molecule has 1 heterocycles. The highest BCUT2D eigenvalue weighted by Gasteiger charge is 2.30. The number of carbonyl (C=O) groups excluding carboxylic acids is 1. The van der Waals surface area contributed by atoms with Gasteiger partial charge in [0.15, 0.2) is 0 Å². The third-order valence-electron chi connectivity index (χ3n) is 6.31. The second kappa shape index (κ2) is 13.1. The van der Waals surface area contributed by atoms with E-state index in [1.165, 1.54) is 19.3 Å². The normalized spacial score (nSPS) is 19.3. The van der Waals surface area contributed by atoms with Crippen LogP contribution in [0.25, 0.3) is 0 Å². The topological polar surface area (TPSA) is 75.7 Å². The number of rotatable bonds is 6. The second-order valence-corrected chi connectivity index (χ2v) is 10.2. The molecule has 1 N–H and O–H groups in total. The molecule has 7 heteroatoms. The van der Waals surface area contributed by atoms with Gasteiger partial charge in [-0.05, 0) is 55.9 Å². The summed E-state index contributed by atoms with van der Waals surface area (Å²) in [5, 5.41) is 3.15. The van der Waals surface area contributed by atoms with Crippen molar-refractivity contribution in [3.05, 3.63) is 24.3 Å². The molecule has 0 bridgehead atoms. The molecule has 0 unspecified atom stereocenters. The molecule has 0 spiro atoms. The minimum absolute atomic E-state index is 0. The first-order valence-electron chi connectivity index (χ1n) is 10.9. The van der Waals surface area contributed by atoms with E-state index in [2.05, 4.69) is 5.32 Å². The monoisotopic (exact) mass is 454 g/mol. The minimum Gasteiger partial charge on any atom is -0.497 e. The predicted molar refractivity (Wildman–Crippen MR) is 127 cm³/mol. The number of ether oxygens (including phenoxy) is 1. The summed E-state index contributed by atoms with van der Waals surface area (Å²) in [5.41, 5.74) is 0. The Morgan fingerprint density at radius 2 is 1.52 bits per heavy atom. The Morgan fingerprint density at radius 3 is 2.06 bits per heavy atom. The number of hydrogen-bond donors (Lipinski definition) is 1. The van der Waals surface area contributed by atoms with Gasteiger partial charge in [0, 0.05) is 25.6 Å². The average Bonchev–Trinajstić information content (AvgIpc) is 2.72. The largest absolute Gasteiger partial charge is 0.497 e. The number of sulfonamides is 1. The Kier molecular flexibility index (Phi) is 11.6. The number of nitrogens with one attached hydrogen (secondary N) is 1. The highest BCUT2D eigenvalue weighted by molar-refractivity contribution is 7.89. The Hall–Kier alpha value is -1.60. The average molecular weight is 455 g/mol. The van der Waals surface area contributed by atoms with Crippen molar-refractivity contribution < 1.29 is 17.9 Å². The van der Waals surface area contributed by atoms with Crippen molar-refractivity contribution in [2.24, 2.45) is 11.8 Å². The van der Waals surface area contributed by atoms with Gasteiger partial charge in [-0.3, -0.25) is 4.79 Å². The standard InChI is InChI=1S/C22H34N2O4S.2CH4/c1-28-20-9-11-21(12-10-20)29(26,27)24-15-13-18(14-16-24)17-23-22(25)19-7-5-3-2-4-6-8-19;;/h9-12,18-19H,2-8,13-17H2,1H3,(H,23,25);2*1H4. The SMILES string of the molecule is C.C.COc1ccc(S(=O)(=O)N2CCC(CNC(=O)C3CCCCCCC3)CC2)cc1. The van der Waals surface area contributed by atoms with Crippen LogP contribution in [0.5, 0.6) is 5.75 Å². The Morgan fingerprint density at radius 1 is 0.968 bits per heavy atom. The van der Waals surface area contributed by atoms with Crippen LogP contribution in [-0.2, 0) is 14.8 Å². The first-order valence-corrected chi connectivity index (χ1v) is 12.4. The summed E-state index contributed by atoms with van der Waals surface area (Å²) >= 11 is 0. The second-order valence-electron chi connectivity index (χ2n) is 8.31. The molecule has 1 aliphatic heterocycles. The lowest BCUT2D eigenvalue weighted by atomic mass is 9.90. The molecule has 3 rings (SSSR count). The van der Waals surface area contributed by atoms with Crippen LogP contribution in [0.1, 0.15) is 72.6 Å². The third kappa shape index (κ3) is 7.49. The van der Waals surface area contributed by atoms with Crippen molar-refractivity contribution >= 4 is 15.9 Å². The van der Waals surface area contributed by atoms with Crippen LogP contribution in [-0.4, -0.2) is 45.4 Å². The molecule has 1 aromatic carbocycles. The number of hydrogen-bond acceptors (Lipinski definition) is 4. The minimum atomic E-state index is -3.48. The Labute approximate surface area is 189 Å². The molecule has 0 radical (unpaired) electrons. The van der Waals surface area contributed by atoms with E-state index in [1.807, 2.05) is 0 Å². The molecule has 2 aliphatic rings. The lowest BCUT2D eigenvalue weighted by Crippen LogP contribution is -2.42. The smallest absolute Gasteiger partial charge is 0.243 e. The summed E-state index contributed by atoms with van der Waals surface area (Å²) in [5.74, 6) is 1.34. The van der Waals surface area contributed by atoms with Crippen LogP contribution < -0.4 is 10.1 Å². The van der Waals surface area contributed by atoms with E-state index in [1.54, 1.807) is 35.7 Å². The first kappa shape index (κ1) is 27.4. The van der Waals surface area contributed by atoms with E-state index in [0.717, 1.165) is 38.5 Å². The zero-order valence-corrected chi connectivity index (χ0v) is 18.3. The molecule has 1 aliphatic carbocycles. The van der Waals surface area contributed by atoms with Crippen molar-refractivity contribution in [3.63, 3.8) is 0 Å². The lowest BCUT2D eigenvalue weighted by Gasteiger charge is -2.31. The zero-order chi connectivity index (χ0) is 20.7. The van der Waals surface area contributed by atoms with Crippen molar-refractivity contribution in [1.29, 1.82) is 0 Å². The van der Waals surface area contributed by atoms with Crippen molar-refractivity contribution in [1.82, 2.24) is 9.62 Å². The van der Waals surface area contributed by atoms with Crippen LogP contribution in [0.3, 0.4) is 0 Å². The van der Waals surface area contributed by atoms with Gasteiger partial charge in [0.05, 0.1) is 12.0 Å². The fraction of sp³-hybridized carbons (Fsp3) is 0.708. The fourth-order valence-electron chi connectivity index (χ4n) is 4.36. The quantitative estimate of drug-likeness (QED) is 0.667. The van der Waals surface area contributed by atoms with Gasteiger partial charge in [0.1, 0.15) is 5.75 Å². The van der Waals surface area contributed by atoms with Gasteiger partial charge in [-0.25, -0.2) is 8.42 Å². The molecule has 1 saturated heterocycles. The third-order valence-corrected chi connectivity index (χ3v) is 8.22. The maximum Gasteiger partial charge on any atom is 0.243 e. The summed E-state index contributed by atoms with van der Waals surface area (Å²) in [4.78, 5) is 12.8. The number of carbonyl (C=O) groups is 1. The molecule has 178 valence electrons. The molecule has 31 heavy (non-hydrogen) atoms. The van der Waals surface area contributed by atoms with Crippen LogP contribution in [0, 0.1) is 11.8 Å². The van der Waals surface area contributed by atoms with E-state index in [9.17, 15) is 13.2 Å². The Balaban J connectivity index is 0.00000240. The number of nitrogens with zero attached hydrogens (tertiary/aromatic N) is 1. The van der Waals surface area contributed by atoms with E-state index in [0.29, 0.717) is 36.2 Å². The van der Waals surface area contributed by atoms with Gasteiger partial charge in [0.25, 0.3) is 0 Å². The predicted octanol–water partition coefficient (Wildman–Crippen LogP) is 4.84. The van der Waals surface area contributed by atoms with Crippen molar-refractivity contribution in [2.75, 3.05) is 26.7 Å². The van der Waals surface area contributed by atoms with E-state index >= 15 is 0 Å².